The molecule has 1 amide bonds. The fraction of sp³-hybridized carbons (Fsp3) is 0.583. The Morgan fingerprint density at radius 2 is 2.12 bits per heavy atom. The van der Waals surface area contributed by atoms with E-state index in [-0.39, 0.29) is 5.91 Å². The highest BCUT2D eigenvalue weighted by Gasteiger charge is 2.24. The zero-order valence-electron chi connectivity index (χ0n) is 10.6. The molecular formula is C12H19N3OS. The molecule has 94 valence electrons. The molecule has 0 bridgehead atoms. The van der Waals surface area contributed by atoms with Crippen molar-refractivity contribution in [3.63, 3.8) is 0 Å². The van der Waals surface area contributed by atoms with Gasteiger partial charge in [0.25, 0.3) is 5.91 Å². The van der Waals surface area contributed by atoms with Gasteiger partial charge in [0.05, 0.1) is 10.7 Å². The quantitative estimate of drug-likeness (QED) is 0.891. The summed E-state index contributed by atoms with van der Waals surface area (Å²) in [6.07, 6.45) is 2.66. The molecule has 0 aromatic carbocycles. The number of hydrogen-bond acceptors (Lipinski definition) is 4. The molecule has 0 aliphatic heterocycles. The lowest BCUT2D eigenvalue weighted by molar-refractivity contribution is 0.0833. The molecule has 0 atom stereocenters. The van der Waals surface area contributed by atoms with Crippen molar-refractivity contribution >= 4 is 27.9 Å². The minimum Gasteiger partial charge on any atom is -0.397 e. The molecule has 0 unspecified atom stereocenters. The third-order valence-corrected chi connectivity index (χ3v) is 4.21. The number of nitrogens with two attached hydrogens (primary N) is 1. The number of rotatable bonds is 4. The summed E-state index contributed by atoms with van der Waals surface area (Å²) in [5, 5.41) is 1.08. The van der Waals surface area contributed by atoms with E-state index in [1.165, 1.54) is 24.2 Å². The van der Waals surface area contributed by atoms with Crippen LogP contribution in [0.5, 0.6) is 0 Å². The second-order valence-corrected chi connectivity index (χ2v) is 5.92. The molecular weight excluding hydrogens is 234 g/mol. The van der Waals surface area contributed by atoms with E-state index in [2.05, 4.69) is 11.9 Å². The van der Waals surface area contributed by atoms with Gasteiger partial charge in [0, 0.05) is 27.7 Å². The van der Waals surface area contributed by atoms with Crippen LogP contribution < -0.4 is 10.6 Å². The van der Waals surface area contributed by atoms with Gasteiger partial charge >= 0.3 is 0 Å². The van der Waals surface area contributed by atoms with Gasteiger partial charge < -0.3 is 15.5 Å². The van der Waals surface area contributed by atoms with Crippen molar-refractivity contribution in [2.45, 2.75) is 12.8 Å². The maximum atomic E-state index is 11.9. The highest BCUT2D eigenvalue weighted by atomic mass is 32.1. The van der Waals surface area contributed by atoms with Gasteiger partial charge in [-0.3, -0.25) is 4.79 Å². The number of carbonyl (C=O) groups excluding carboxylic acids is 1. The number of nitrogen functional groups attached to an aromatic ring is 1. The zero-order valence-corrected chi connectivity index (χ0v) is 11.4. The monoisotopic (exact) mass is 253 g/mol. The highest BCUT2D eigenvalue weighted by molar-refractivity contribution is 7.18. The van der Waals surface area contributed by atoms with Crippen LogP contribution in [0, 0.1) is 5.92 Å². The Bertz CT molecular complexity index is 423. The molecule has 1 aromatic rings. The lowest BCUT2D eigenvalue weighted by Gasteiger charge is -2.16. The second kappa shape index (κ2) is 4.56. The molecule has 0 spiro atoms. The molecule has 1 aromatic heterocycles. The Morgan fingerprint density at radius 3 is 2.65 bits per heavy atom. The summed E-state index contributed by atoms with van der Waals surface area (Å²) in [4.78, 5) is 16.3. The Kier molecular flexibility index (Phi) is 3.28. The fourth-order valence-corrected chi connectivity index (χ4v) is 2.80. The third-order valence-electron chi connectivity index (χ3n) is 2.95. The van der Waals surface area contributed by atoms with E-state index < -0.39 is 0 Å². The maximum Gasteiger partial charge on any atom is 0.265 e. The fourth-order valence-electron chi connectivity index (χ4n) is 1.73. The van der Waals surface area contributed by atoms with Crippen LogP contribution >= 0.6 is 11.3 Å². The summed E-state index contributed by atoms with van der Waals surface area (Å²) in [5.41, 5.74) is 6.49. The molecule has 0 radical (unpaired) electrons. The van der Waals surface area contributed by atoms with Crippen molar-refractivity contribution in [1.82, 2.24) is 4.90 Å². The van der Waals surface area contributed by atoms with Gasteiger partial charge in [-0.25, -0.2) is 0 Å². The van der Waals surface area contributed by atoms with Crippen molar-refractivity contribution in [3.05, 3.63) is 10.9 Å². The molecule has 1 heterocycles. The van der Waals surface area contributed by atoms with E-state index in [0.717, 1.165) is 17.5 Å². The lowest BCUT2D eigenvalue weighted by Crippen LogP contribution is -2.21. The van der Waals surface area contributed by atoms with Crippen LogP contribution in [0.3, 0.4) is 0 Å². The number of anilines is 2. The smallest absolute Gasteiger partial charge is 0.265 e. The number of amides is 1. The van der Waals surface area contributed by atoms with E-state index in [9.17, 15) is 4.79 Å². The van der Waals surface area contributed by atoms with Crippen LogP contribution in [0.2, 0.25) is 0 Å². The number of hydrogen-bond donors (Lipinski definition) is 1. The van der Waals surface area contributed by atoms with E-state index in [0.29, 0.717) is 10.6 Å². The molecule has 1 saturated carbocycles. The first-order valence-corrected chi connectivity index (χ1v) is 6.62. The first-order chi connectivity index (χ1) is 7.99. The van der Waals surface area contributed by atoms with Crippen molar-refractivity contribution in [1.29, 1.82) is 0 Å². The Balaban J connectivity index is 2.14. The predicted molar refractivity (Wildman–Crippen MR) is 72.7 cm³/mol. The van der Waals surface area contributed by atoms with Crippen molar-refractivity contribution < 1.29 is 4.79 Å². The van der Waals surface area contributed by atoms with Crippen LogP contribution in [0.4, 0.5) is 10.7 Å². The summed E-state index contributed by atoms with van der Waals surface area (Å²) >= 11 is 1.48. The maximum absolute atomic E-state index is 11.9. The van der Waals surface area contributed by atoms with Crippen molar-refractivity contribution in [2.24, 2.45) is 5.92 Å². The SMILES string of the molecule is CN(C)C(=O)c1sc(N(C)CC2CC2)cc1N. The minimum atomic E-state index is -0.0152. The summed E-state index contributed by atoms with van der Waals surface area (Å²) in [6.45, 7) is 1.07. The second-order valence-electron chi connectivity index (χ2n) is 4.89. The summed E-state index contributed by atoms with van der Waals surface area (Å²) in [5.74, 6) is 0.815. The van der Waals surface area contributed by atoms with Gasteiger partial charge in [-0.2, -0.15) is 0 Å². The molecule has 4 nitrogen and oxygen atoms in total. The number of nitrogens with zero attached hydrogens (tertiary/aromatic N) is 2. The van der Waals surface area contributed by atoms with Crippen LogP contribution in [0.25, 0.3) is 0 Å². The summed E-state index contributed by atoms with van der Waals surface area (Å²) < 4.78 is 0. The number of carbonyl (C=O) groups is 1. The van der Waals surface area contributed by atoms with E-state index in [1.807, 2.05) is 6.07 Å². The van der Waals surface area contributed by atoms with Gasteiger partial charge in [-0.15, -0.1) is 11.3 Å². The Hall–Kier alpha value is -1.23. The standard InChI is InChI=1S/C12H19N3OS/c1-14(2)12(16)11-9(13)6-10(17-11)15(3)7-8-4-5-8/h6,8H,4-5,7,13H2,1-3H3. The van der Waals surface area contributed by atoms with Gasteiger partial charge in [0.15, 0.2) is 0 Å². The van der Waals surface area contributed by atoms with E-state index in [4.69, 9.17) is 5.73 Å². The molecule has 1 aliphatic carbocycles. The molecule has 0 saturated heterocycles. The lowest BCUT2D eigenvalue weighted by atomic mass is 10.3. The van der Waals surface area contributed by atoms with Crippen LogP contribution in [0.15, 0.2) is 6.07 Å². The highest BCUT2D eigenvalue weighted by Crippen LogP contribution is 2.36. The molecule has 5 heteroatoms. The predicted octanol–water partition coefficient (Wildman–Crippen LogP) is 1.88. The average molecular weight is 253 g/mol. The minimum absolute atomic E-state index is 0.0152. The molecule has 2 N–H and O–H groups in total. The number of thiophene rings is 1. The van der Waals surface area contributed by atoms with Crippen LogP contribution in [-0.2, 0) is 0 Å². The van der Waals surface area contributed by atoms with E-state index >= 15 is 0 Å². The molecule has 1 fully saturated rings. The first kappa shape index (κ1) is 12.2. The van der Waals surface area contributed by atoms with Crippen molar-refractivity contribution in [2.75, 3.05) is 38.3 Å². The van der Waals surface area contributed by atoms with Crippen LogP contribution in [0.1, 0.15) is 22.5 Å². The largest absolute Gasteiger partial charge is 0.397 e. The van der Waals surface area contributed by atoms with Gasteiger partial charge in [0.2, 0.25) is 0 Å². The molecule has 2 rings (SSSR count). The first-order valence-electron chi connectivity index (χ1n) is 5.81. The van der Waals surface area contributed by atoms with Crippen LogP contribution in [-0.4, -0.2) is 38.5 Å². The summed E-state index contributed by atoms with van der Waals surface area (Å²) in [7, 11) is 5.55. The Labute approximate surface area is 106 Å². The molecule has 17 heavy (non-hydrogen) atoms. The molecule has 1 aliphatic rings. The topological polar surface area (TPSA) is 49.6 Å². The Morgan fingerprint density at radius 1 is 1.47 bits per heavy atom. The van der Waals surface area contributed by atoms with E-state index in [1.54, 1.807) is 19.0 Å². The van der Waals surface area contributed by atoms with Crippen molar-refractivity contribution in [3.8, 4) is 0 Å². The normalized spacial score (nSPS) is 14.8. The zero-order chi connectivity index (χ0) is 12.6. The van der Waals surface area contributed by atoms with Gasteiger partial charge in [-0.05, 0) is 24.8 Å². The third kappa shape index (κ3) is 2.72. The average Bonchev–Trinajstić information content (AvgIpc) is 2.98. The van der Waals surface area contributed by atoms with Gasteiger partial charge in [-0.1, -0.05) is 0 Å². The van der Waals surface area contributed by atoms with Gasteiger partial charge in [0.1, 0.15) is 4.88 Å². The summed E-state index contributed by atoms with van der Waals surface area (Å²) in [6, 6.07) is 1.91.